The van der Waals surface area contributed by atoms with Crippen LogP contribution in [0.1, 0.15) is 187 Å². The van der Waals surface area contributed by atoms with Crippen molar-refractivity contribution < 1.29 is 47.2 Å². The van der Waals surface area contributed by atoms with Crippen molar-refractivity contribution >= 4 is 19.8 Å². The van der Waals surface area contributed by atoms with E-state index in [4.69, 9.17) is 18.5 Å². The Kier molecular flexibility index (Phi) is 37.2. The van der Waals surface area contributed by atoms with Gasteiger partial charge in [-0.2, -0.15) is 0 Å². The molecule has 0 amide bonds. The number of hydrogen-bond donors (Lipinski definition) is 1. The van der Waals surface area contributed by atoms with Gasteiger partial charge in [-0.3, -0.25) is 14.2 Å². The quantitative estimate of drug-likeness (QED) is 0.0160. The second-order valence-corrected chi connectivity index (χ2v) is 18.0. The van der Waals surface area contributed by atoms with Gasteiger partial charge in [0.2, 0.25) is 0 Å². The topological polar surface area (TPSA) is 131 Å². The van der Waals surface area contributed by atoms with E-state index >= 15 is 0 Å². The standard InChI is InChI=1S/C46H86NO9P/c1-6-8-10-12-14-16-18-20-21-23-25-27-29-31-33-37-46(50)56-44(42-55-57(51,52)54-40-39-47(3,4)5)41-53-45(49)38-34-36-43(48)35-32-30-28-26-24-22-19-17-15-13-11-9-7-2/h22,24,28,30,32,35,43-44,48H,6-21,23,25-27,29,31,33-34,36-42H2,1-5H3/b24-22+,30-28+,35-32+/t43?,44-/m1/s1. The maximum atomic E-state index is 12.7. The fourth-order valence-electron chi connectivity index (χ4n) is 6.13. The van der Waals surface area contributed by atoms with Gasteiger partial charge in [0.25, 0.3) is 7.82 Å². The molecule has 0 aromatic rings. The Labute approximate surface area is 349 Å². The molecule has 0 aliphatic heterocycles. The van der Waals surface area contributed by atoms with Crippen LogP contribution in [-0.2, 0) is 32.7 Å². The van der Waals surface area contributed by atoms with Crippen LogP contribution in [0.2, 0.25) is 0 Å². The summed E-state index contributed by atoms with van der Waals surface area (Å²) >= 11 is 0. The van der Waals surface area contributed by atoms with Gasteiger partial charge in [0.05, 0.1) is 33.9 Å². The second kappa shape index (κ2) is 38.4. The van der Waals surface area contributed by atoms with Gasteiger partial charge in [-0.05, 0) is 38.5 Å². The van der Waals surface area contributed by atoms with E-state index in [2.05, 4.69) is 26.0 Å². The normalized spacial score (nSPS) is 14.4. The van der Waals surface area contributed by atoms with Crippen molar-refractivity contribution in [2.75, 3.05) is 47.5 Å². The zero-order valence-corrected chi connectivity index (χ0v) is 38.0. The van der Waals surface area contributed by atoms with Crippen LogP contribution in [0, 0.1) is 0 Å². The molecule has 334 valence electrons. The van der Waals surface area contributed by atoms with Crippen molar-refractivity contribution in [3.8, 4) is 0 Å². The van der Waals surface area contributed by atoms with Crippen molar-refractivity contribution in [1.82, 2.24) is 0 Å². The predicted octanol–water partition coefficient (Wildman–Crippen LogP) is 11.3. The Bertz CT molecular complexity index is 1090. The summed E-state index contributed by atoms with van der Waals surface area (Å²) in [6, 6.07) is 0. The number of hydrogen-bond acceptors (Lipinski definition) is 9. The molecule has 0 bridgehead atoms. The van der Waals surface area contributed by atoms with Crippen molar-refractivity contribution in [2.45, 2.75) is 199 Å². The molecule has 0 saturated heterocycles. The maximum absolute atomic E-state index is 12.7. The van der Waals surface area contributed by atoms with Gasteiger partial charge in [0, 0.05) is 12.8 Å². The van der Waals surface area contributed by atoms with Crippen LogP contribution in [0.4, 0.5) is 0 Å². The van der Waals surface area contributed by atoms with Crippen LogP contribution in [0.5, 0.6) is 0 Å². The molecule has 0 saturated carbocycles. The Morgan fingerprint density at radius 1 is 0.649 bits per heavy atom. The summed E-state index contributed by atoms with van der Waals surface area (Å²) in [5.74, 6) is -1.03. The lowest BCUT2D eigenvalue weighted by molar-refractivity contribution is -0.870. The average Bonchev–Trinajstić information content (AvgIpc) is 3.15. The van der Waals surface area contributed by atoms with Crippen molar-refractivity contribution in [2.24, 2.45) is 0 Å². The third-order valence-electron chi connectivity index (χ3n) is 9.77. The minimum atomic E-state index is -4.67. The van der Waals surface area contributed by atoms with E-state index in [1.807, 2.05) is 39.4 Å². The lowest BCUT2D eigenvalue weighted by atomic mass is 10.0. The first-order valence-electron chi connectivity index (χ1n) is 22.8. The summed E-state index contributed by atoms with van der Waals surface area (Å²) < 4.78 is 33.8. The number of quaternary nitrogens is 1. The molecule has 0 aromatic carbocycles. The SMILES string of the molecule is CCCCCCCC/C=C/C/C=C/C=C/C(O)CCCC(=O)OC[C@H](COP(=O)([O-])OCC[N+](C)(C)C)OC(=O)CCCCCCCCCCCCCCCCC. The first-order valence-corrected chi connectivity index (χ1v) is 24.3. The number of ether oxygens (including phenoxy) is 2. The minimum Gasteiger partial charge on any atom is -0.756 e. The Morgan fingerprint density at radius 3 is 1.74 bits per heavy atom. The molecule has 3 atom stereocenters. The molecule has 0 rings (SSSR count). The van der Waals surface area contributed by atoms with E-state index in [1.165, 1.54) is 109 Å². The molecule has 0 heterocycles. The lowest BCUT2D eigenvalue weighted by Crippen LogP contribution is -2.37. The van der Waals surface area contributed by atoms with Crippen molar-refractivity contribution in [1.29, 1.82) is 0 Å². The number of allylic oxidation sites excluding steroid dienone is 5. The van der Waals surface area contributed by atoms with Crippen molar-refractivity contribution in [3.63, 3.8) is 0 Å². The number of rotatable bonds is 41. The smallest absolute Gasteiger partial charge is 0.306 e. The van der Waals surface area contributed by atoms with Gasteiger partial charge >= 0.3 is 11.9 Å². The van der Waals surface area contributed by atoms with Gasteiger partial charge in [0.15, 0.2) is 6.10 Å². The minimum absolute atomic E-state index is 0.0546. The number of phosphoric ester groups is 1. The Hall–Kier alpha value is -1.81. The summed E-state index contributed by atoms with van der Waals surface area (Å²) in [6.07, 6.45) is 39.1. The number of carbonyl (C=O) groups excluding carboxylic acids is 2. The summed E-state index contributed by atoms with van der Waals surface area (Å²) in [4.78, 5) is 37.6. The molecule has 1 N–H and O–H groups in total. The van der Waals surface area contributed by atoms with Gasteiger partial charge in [0.1, 0.15) is 19.8 Å². The van der Waals surface area contributed by atoms with Crippen LogP contribution in [0.15, 0.2) is 36.5 Å². The fraction of sp³-hybridized carbons (Fsp3) is 0.826. The molecular weight excluding hydrogens is 741 g/mol. The highest BCUT2D eigenvalue weighted by molar-refractivity contribution is 7.45. The van der Waals surface area contributed by atoms with Crippen LogP contribution >= 0.6 is 7.82 Å². The number of nitrogens with zero attached hydrogens (tertiary/aromatic N) is 1. The maximum Gasteiger partial charge on any atom is 0.306 e. The van der Waals surface area contributed by atoms with E-state index in [9.17, 15) is 24.2 Å². The summed E-state index contributed by atoms with van der Waals surface area (Å²) in [6.45, 7) is 4.01. The molecule has 0 spiro atoms. The number of esters is 2. The molecule has 0 aliphatic rings. The molecule has 0 aromatic heterocycles. The molecule has 0 fully saturated rings. The van der Waals surface area contributed by atoms with E-state index in [1.54, 1.807) is 6.08 Å². The van der Waals surface area contributed by atoms with Crippen LogP contribution in [0.3, 0.4) is 0 Å². The fourth-order valence-corrected chi connectivity index (χ4v) is 6.86. The number of unbranched alkanes of at least 4 members (excludes halogenated alkanes) is 20. The Morgan fingerprint density at radius 2 is 1.18 bits per heavy atom. The molecular formula is C46H86NO9P. The largest absolute Gasteiger partial charge is 0.756 e. The summed E-state index contributed by atoms with van der Waals surface area (Å²) in [7, 11) is 1.07. The van der Waals surface area contributed by atoms with E-state index in [-0.39, 0.29) is 26.1 Å². The highest BCUT2D eigenvalue weighted by Crippen LogP contribution is 2.38. The molecule has 0 aliphatic carbocycles. The first kappa shape index (κ1) is 55.2. The zero-order valence-electron chi connectivity index (χ0n) is 37.1. The lowest BCUT2D eigenvalue weighted by Gasteiger charge is -2.28. The third-order valence-corrected chi connectivity index (χ3v) is 10.7. The third kappa shape index (κ3) is 42.1. The second-order valence-electron chi connectivity index (χ2n) is 16.6. The number of carbonyl (C=O) groups is 2. The number of phosphoric acid groups is 1. The average molecular weight is 828 g/mol. The number of aliphatic hydroxyl groups is 1. The molecule has 10 nitrogen and oxygen atoms in total. The van der Waals surface area contributed by atoms with Gasteiger partial charge in [-0.15, -0.1) is 0 Å². The van der Waals surface area contributed by atoms with Crippen molar-refractivity contribution in [3.05, 3.63) is 36.5 Å². The van der Waals surface area contributed by atoms with Crippen LogP contribution in [-0.4, -0.2) is 81.2 Å². The van der Waals surface area contributed by atoms with Gasteiger partial charge < -0.3 is 33.0 Å². The highest BCUT2D eigenvalue weighted by atomic mass is 31.2. The van der Waals surface area contributed by atoms with E-state index < -0.39 is 38.6 Å². The number of likely N-dealkylation sites (N-methyl/N-ethyl adjacent to an activating group) is 1. The first-order chi connectivity index (χ1) is 27.4. The monoisotopic (exact) mass is 828 g/mol. The van der Waals surface area contributed by atoms with Crippen LogP contribution < -0.4 is 4.89 Å². The highest BCUT2D eigenvalue weighted by Gasteiger charge is 2.22. The molecule has 2 unspecified atom stereocenters. The van der Waals surface area contributed by atoms with Gasteiger partial charge in [-0.25, -0.2) is 0 Å². The van der Waals surface area contributed by atoms with E-state index in [0.717, 1.165) is 32.1 Å². The predicted molar refractivity (Wildman–Crippen MR) is 233 cm³/mol. The van der Waals surface area contributed by atoms with Crippen LogP contribution in [0.25, 0.3) is 0 Å². The Balaban J connectivity index is 4.51. The summed E-state index contributed by atoms with van der Waals surface area (Å²) in [5, 5.41) is 10.3. The molecule has 0 radical (unpaired) electrons. The zero-order chi connectivity index (χ0) is 42.3. The summed E-state index contributed by atoms with van der Waals surface area (Å²) in [5.41, 5.74) is 0. The van der Waals surface area contributed by atoms with Gasteiger partial charge in [-0.1, -0.05) is 172 Å². The number of aliphatic hydroxyl groups excluding tert-OH is 1. The van der Waals surface area contributed by atoms with E-state index in [0.29, 0.717) is 30.3 Å². The molecule has 11 heteroatoms. The molecule has 57 heavy (non-hydrogen) atoms.